The van der Waals surface area contributed by atoms with E-state index in [1.807, 2.05) is 6.92 Å². The Kier molecular flexibility index (Phi) is 3.37. The Morgan fingerprint density at radius 1 is 1.21 bits per heavy atom. The van der Waals surface area contributed by atoms with Gasteiger partial charge in [-0.2, -0.15) is 0 Å². The molecule has 0 aromatic heterocycles. The average molecular weight is 208 g/mol. The molecule has 1 aromatic carbocycles. The van der Waals surface area contributed by atoms with Crippen LogP contribution in [0.5, 0.6) is 5.75 Å². The molecule has 2 heteroatoms. The van der Waals surface area contributed by atoms with Crippen molar-refractivity contribution in [2.45, 2.75) is 33.5 Å². The van der Waals surface area contributed by atoms with Crippen LogP contribution in [0.1, 0.15) is 12.5 Å². The number of ether oxygens (including phenoxy) is 1. The van der Waals surface area contributed by atoms with Gasteiger partial charge in [-0.05, 0) is 30.7 Å². The topological polar surface area (TPSA) is 9.23 Å². The van der Waals surface area contributed by atoms with Gasteiger partial charge in [-0.1, -0.05) is 31.8 Å². The first-order valence-electron chi connectivity index (χ1n) is 5.19. The highest BCUT2D eigenvalue weighted by atomic mass is 28.3. The van der Waals surface area contributed by atoms with E-state index >= 15 is 0 Å². The van der Waals surface area contributed by atoms with Gasteiger partial charge in [0.25, 0.3) is 0 Å². The number of hydrogen-bond acceptors (Lipinski definition) is 1. The van der Waals surface area contributed by atoms with Crippen molar-refractivity contribution in [2.24, 2.45) is 0 Å². The molecule has 0 unspecified atom stereocenters. The van der Waals surface area contributed by atoms with Crippen molar-refractivity contribution >= 4 is 13.3 Å². The summed E-state index contributed by atoms with van der Waals surface area (Å²) in [6.07, 6.45) is 0. The van der Waals surface area contributed by atoms with Crippen LogP contribution < -0.4 is 9.92 Å². The second-order valence-corrected chi connectivity index (χ2v) is 9.72. The fourth-order valence-electron chi connectivity index (χ4n) is 1.52. The van der Waals surface area contributed by atoms with Gasteiger partial charge in [-0.3, -0.25) is 0 Å². The van der Waals surface area contributed by atoms with Gasteiger partial charge in [0.1, 0.15) is 5.75 Å². The molecule has 0 aliphatic heterocycles. The minimum atomic E-state index is -1.26. The van der Waals surface area contributed by atoms with E-state index in [1.54, 1.807) is 0 Å². The first kappa shape index (κ1) is 11.3. The maximum absolute atomic E-state index is 5.68. The van der Waals surface area contributed by atoms with Gasteiger partial charge in [0.15, 0.2) is 0 Å². The third-order valence-electron chi connectivity index (χ3n) is 2.24. The van der Waals surface area contributed by atoms with Crippen molar-refractivity contribution < 1.29 is 4.74 Å². The monoisotopic (exact) mass is 208 g/mol. The van der Waals surface area contributed by atoms with Crippen LogP contribution in [0.2, 0.25) is 19.6 Å². The van der Waals surface area contributed by atoms with Crippen molar-refractivity contribution in [2.75, 3.05) is 6.61 Å². The number of aryl methyl sites for hydroxylation is 1. The Morgan fingerprint density at radius 2 is 1.86 bits per heavy atom. The van der Waals surface area contributed by atoms with E-state index in [2.05, 4.69) is 44.8 Å². The summed E-state index contributed by atoms with van der Waals surface area (Å²) in [6.45, 7) is 11.9. The van der Waals surface area contributed by atoms with Crippen molar-refractivity contribution in [3.05, 3.63) is 23.8 Å². The van der Waals surface area contributed by atoms with Crippen LogP contribution in [-0.2, 0) is 0 Å². The molecular formula is C12H20OSi. The van der Waals surface area contributed by atoms with Gasteiger partial charge in [0.2, 0.25) is 0 Å². The van der Waals surface area contributed by atoms with Gasteiger partial charge >= 0.3 is 0 Å². The molecule has 14 heavy (non-hydrogen) atoms. The largest absolute Gasteiger partial charge is 0.494 e. The Morgan fingerprint density at radius 3 is 2.36 bits per heavy atom. The zero-order valence-corrected chi connectivity index (χ0v) is 10.8. The molecule has 0 saturated heterocycles. The van der Waals surface area contributed by atoms with E-state index in [0.717, 1.165) is 12.4 Å². The number of benzene rings is 1. The Labute approximate surface area is 88.1 Å². The molecule has 0 aliphatic rings. The first-order valence-corrected chi connectivity index (χ1v) is 8.69. The van der Waals surface area contributed by atoms with Crippen molar-refractivity contribution in [1.29, 1.82) is 0 Å². The van der Waals surface area contributed by atoms with Crippen molar-refractivity contribution in [3.63, 3.8) is 0 Å². The van der Waals surface area contributed by atoms with Gasteiger partial charge in [0, 0.05) is 0 Å². The SMILES string of the molecule is CCOc1cc(C)ccc1[Si](C)(C)C. The molecule has 0 heterocycles. The number of rotatable bonds is 3. The summed E-state index contributed by atoms with van der Waals surface area (Å²) in [5.74, 6) is 1.09. The zero-order valence-electron chi connectivity index (χ0n) is 9.85. The van der Waals surface area contributed by atoms with Gasteiger partial charge in [-0.15, -0.1) is 0 Å². The quantitative estimate of drug-likeness (QED) is 0.694. The smallest absolute Gasteiger partial charge is 0.118 e. The Hall–Kier alpha value is -0.763. The average Bonchev–Trinajstić information content (AvgIpc) is 2.02. The third-order valence-corrected chi connectivity index (χ3v) is 4.27. The zero-order chi connectivity index (χ0) is 10.8. The van der Waals surface area contributed by atoms with E-state index < -0.39 is 8.07 Å². The summed E-state index contributed by atoms with van der Waals surface area (Å²) in [7, 11) is -1.26. The molecule has 1 aromatic rings. The predicted molar refractivity (Wildman–Crippen MR) is 65.3 cm³/mol. The summed E-state index contributed by atoms with van der Waals surface area (Å²) in [6, 6.07) is 6.56. The molecule has 0 bridgehead atoms. The summed E-state index contributed by atoms with van der Waals surface area (Å²) in [5.41, 5.74) is 1.27. The van der Waals surface area contributed by atoms with Gasteiger partial charge < -0.3 is 4.74 Å². The molecule has 1 nitrogen and oxygen atoms in total. The lowest BCUT2D eigenvalue weighted by Crippen LogP contribution is -2.38. The molecule has 0 saturated carbocycles. The molecule has 0 atom stereocenters. The molecule has 1 rings (SSSR count). The Balaban J connectivity index is 3.15. The Bertz CT molecular complexity index is 313. The van der Waals surface area contributed by atoms with Crippen molar-refractivity contribution in [1.82, 2.24) is 0 Å². The van der Waals surface area contributed by atoms with Crippen molar-refractivity contribution in [3.8, 4) is 5.75 Å². The fourth-order valence-corrected chi connectivity index (χ4v) is 2.99. The predicted octanol–water partition coefficient (Wildman–Crippen LogP) is 2.94. The van der Waals surface area contributed by atoms with Gasteiger partial charge in [-0.25, -0.2) is 0 Å². The maximum Gasteiger partial charge on any atom is 0.118 e. The highest BCUT2D eigenvalue weighted by Crippen LogP contribution is 2.16. The van der Waals surface area contributed by atoms with E-state index in [4.69, 9.17) is 4.74 Å². The van der Waals surface area contributed by atoms with E-state index in [1.165, 1.54) is 10.8 Å². The van der Waals surface area contributed by atoms with Gasteiger partial charge in [0.05, 0.1) is 14.7 Å². The number of hydrogen-bond donors (Lipinski definition) is 0. The second kappa shape index (κ2) is 4.18. The lowest BCUT2D eigenvalue weighted by molar-refractivity contribution is 0.342. The summed E-state index contributed by atoms with van der Waals surface area (Å²) < 4.78 is 5.68. The lowest BCUT2D eigenvalue weighted by atomic mass is 10.2. The normalized spacial score (nSPS) is 11.5. The molecule has 0 spiro atoms. The molecule has 0 amide bonds. The molecule has 78 valence electrons. The summed E-state index contributed by atoms with van der Waals surface area (Å²) in [4.78, 5) is 0. The van der Waals surface area contributed by atoms with Crippen LogP contribution in [0.4, 0.5) is 0 Å². The van der Waals surface area contributed by atoms with E-state index in [9.17, 15) is 0 Å². The third kappa shape index (κ3) is 2.61. The first-order chi connectivity index (χ1) is 6.45. The van der Waals surface area contributed by atoms with Crippen LogP contribution in [0.3, 0.4) is 0 Å². The van der Waals surface area contributed by atoms with Crippen LogP contribution in [-0.4, -0.2) is 14.7 Å². The van der Waals surface area contributed by atoms with E-state index in [-0.39, 0.29) is 0 Å². The molecular weight excluding hydrogens is 188 g/mol. The maximum atomic E-state index is 5.68. The standard InChI is InChI=1S/C12H20OSi/c1-6-13-11-9-10(2)7-8-12(11)14(3,4)5/h7-9H,6H2,1-5H3. The molecule has 0 N–H and O–H groups in total. The van der Waals surface area contributed by atoms with Crippen LogP contribution in [0.15, 0.2) is 18.2 Å². The van der Waals surface area contributed by atoms with Crippen LogP contribution >= 0.6 is 0 Å². The second-order valence-electron chi connectivity index (χ2n) is 4.68. The molecule has 0 aliphatic carbocycles. The minimum Gasteiger partial charge on any atom is -0.494 e. The summed E-state index contributed by atoms with van der Waals surface area (Å²) in [5, 5.41) is 1.42. The minimum absolute atomic E-state index is 0.751. The van der Waals surface area contributed by atoms with Crippen LogP contribution in [0.25, 0.3) is 0 Å². The highest BCUT2D eigenvalue weighted by molar-refractivity contribution is 6.89. The van der Waals surface area contributed by atoms with E-state index in [0.29, 0.717) is 0 Å². The van der Waals surface area contributed by atoms with Crippen LogP contribution in [0, 0.1) is 6.92 Å². The molecule has 0 fully saturated rings. The lowest BCUT2D eigenvalue weighted by Gasteiger charge is -2.21. The highest BCUT2D eigenvalue weighted by Gasteiger charge is 2.20. The molecule has 0 radical (unpaired) electrons. The summed E-state index contributed by atoms with van der Waals surface area (Å²) >= 11 is 0. The fraction of sp³-hybridized carbons (Fsp3) is 0.500.